The second-order valence-electron chi connectivity index (χ2n) is 14.0. The van der Waals surface area contributed by atoms with E-state index in [4.69, 9.17) is 0 Å². The molecule has 3 aliphatic carbocycles. The summed E-state index contributed by atoms with van der Waals surface area (Å²) >= 11 is 1.87. The maximum absolute atomic E-state index is 2.51. The summed E-state index contributed by atoms with van der Waals surface area (Å²) in [6, 6.07) is 65.7. The molecule has 0 bridgehead atoms. The predicted molar refractivity (Wildman–Crippen MR) is 215 cm³/mol. The van der Waals surface area contributed by atoms with Gasteiger partial charge in [0.1, 0.15) is 0 Å². The van der Waals surface area contributed by atoms with Crippen molar-refractivity contribution >= 4 is 48.6 Å². The van der Waals surface area contributed by atoms with Gasteiger partial charge in [0.15, 0.2) is 0 Å². The van der Waals surface area contributed by atoms with Crippen molar-refractivity contribution in [3.63, 3.8) is 0 Å². The number of thiophene rings is 1. The zero-order valence-corrected chi connectivity index (χ0v) is 28.4. The smallest absolute Gasteiger partial charge is 0.0738 e. The number of hydrogen-bond acceptors (Lipinski definition) is 2. The van der Waals surface area contributed by atoms with Gasteiger partial charge >= 0.3 is 0 Å². The topological polar surface area (TPSA) is 3.24 Å². The van der Waals surface area contributed by atoms with Crippen LogP contribution in [0, 0.1) is 0 Å². The van der Waals surface area contributed by atoms with Gasteiger partial charge in [-0.3, -0.25) is 0 Å². The largest absolute Gasteiger partial charge is 0.310 e. The van der Waals surface area contributed by atoms with Crippen LogP contribution >= 0.6 is 11.3 Å². The summed E-state index contributed by atoms with van der Waals surface area (Å²) < 4.78 is 2.62. The number of nitrogens with zero attached hydrogens (tertiary/aromatic N) is 1. The van der Waals surface area contributed by atoms with Gasteiger partial charge in [0.25, 0.3) is 0 Å². The molecular weight excluding hydrogens is 635 g/mol. The van der Waals surface area contributed by atoms with Crippen molar-refractivity contribution in [2.75, 3.05) is 4.90 Å². The summed E-state index contributed by atoms with van der Waals surface area (Å²) in [4.78, 5) is 2.46. The Balaban J connectivity index is 1.11. The molecule has 51 heavy (non-hydrogen) atoms. The molecule has 2 heteroatoms. The lowest BCUT2D eigenvalue weighted by molar-refractivity contribution is 0.818. The Morgan fingerprint density at radius 3 is 1.69 bits per heavy atom. The third-order valence-corrected chi connectivity index (χ3v) is 12.7. The molecule has 3 aliphatic rings. The van der Waals surface area contributed by atoms with Gasteiger partial charge in [0.2, 0.25) is 0 Å². The molecule has 1 aromatic heterocycles. The molecule has 0 saturated carbocycles. The van der Waals surface area contributed by atoms with Crippen molar-refractivity contribution in [1.29, 1.82) is 0 Å². The fourth-order valence-electron chi connectivity index (χ4n) is 9.62. The molecule has 0 saturated heterocycles. The van der Waals surface area contributed by atoms with Gasteiger partial charge in [-0.05, 0) is 109 Å². The first-order valence-electron chi connectivity index (χ1n) is 17.7. The first-order chi connectivity index (χ1) is 25.3. The van der Waals surface area contributed by atoms with Crippen molar-refractivity contribution in [2.24, 2.45) is 0 Å². The summed E-state index contributed by atoms with van der Waals surface area (Å²) in [5, 5.41) is 2.64. The molecule has 0 fully saturated rings. The average molecular weight is 664 g/mol. The minimum Gasteiger partial charge on any atom is -0.310 e. The van der Waals surface area contributed by atoms with Crippen LogP contribution in [-0.4, -0.2) is 0 Å². The predicted octanol–water partition coefficient (Wildman–Crippen LogP) is 13.5. The number of fused-ring (bicyclic) bond motifs is 8. The second kappa shape index (κ2) is 9.94. The summed E-state index contributed by atoms with van der Waals surface area (Å²) in [6.07, 6.45) is 0. The Kier molecular flexibility index (Phi) is 5.38. The van der Waals surface area contributed by atoms with Gasteiger partial charge < -0.3 is 4.90 Å². The van der Waals surface area contributed by atoms with Crippen LogP contribution in [0.3, 0.4) is 0 Å². The molecule has 0 N–H and O–H groups in total. The van der Waals surface area contributed by atoms with Crippen LogP contribution in [0.4, 0.5) is 17.1 Å². The quantitative estimate of drug-likeness (QED) is 0.181. The highest BCUT2D eigenvalue weighted by Crippen LogP contribution is 2.70. The van der Waals surface area contributed by atoms with Gasteiger partial charge in [-0.1, -0.05) is 133 Å². The molecule has 1 spiro atoms. The van der Waals surface area contributed by atoms with E-state index >= 15 is 0 Å². The molecule has 0 radical (unpaired) electrons. The summed E-state index contributed by atoms with van der Waals surface area (Å²) in [7, 11) is 0. The van der Waals surface area contributed by atoms with Crippen molar-refractivity contribution < 1.29 is 0 Å². The van der Waals surface area contributed by atoms with E-state index in [-0.39, 0.29) is 5.41 Å². The highest BCUT2D eigenvalue weighted by molar-refractivity contribution is 7.25. The third-order valence-electron chi connectivity index (χ3n) is 11.6. The molecule has 236 valence electrons. The van der Waals surface area contributed by atoms with Gasteiger partial charge in [0.05, 0.1) is 5.41 Å². The van der Waals surface area contributed by atoms with Crippen molar-refractivity contribution in [3.8, 4) is 44.5 Å². The van der Waals surface area contributed by atoms with Gasteiger partial charge in [0, 0.05) is 37.2 Å². The highest BCUT2D eigenvalue weighted by atomic mass is 32.1. The van der Waals surface area contributed by atoms with Crippen LogP contribution in [0.25, 0.3) is 64.7 Å². The molecule has 1 atom stereocenters. The lowest BCUT2D eigenvalue weighted by atomic mass is 9.73. The third kappa shape index (κ3) is 3.50. The lowest BCUT2D eigenvalue weighted by Crippen LogP contribution is -2.23. The van der Waals surface area contributed by atoms with E-state index in [1.165, 1.54) is 92.6 Å². The van der Waals surface area contributed by atoms with E-state index in [9.17, 15) is 0 Å². The molecule has 0 aliphatic heterocycles. The molecule has 9 aromatic rings. The fraction of sp³-hybridized carbons (Fsp3) is 0.0204. The Morgan fingerprint density at radius 2 is 0.902 bits per heavy atom. The summed E-state index contributed by atoms with van der Waals surface area (Å²) in [5.74, 6) is 0. The number of hydrogen-bond donors (Lipinski definition) is 0. The number of anilines is 3. The molecular formula is C49H29NS. The van der Waals surface area contributed by atoms with Crippen LogP contribution in [0.5, 0.6) is 0 Å². The van der Waals surface area contributed by atoms with Gasteiger partial charge in [-0.25, -0.2) is 0 Å². The van der Waals surface area contributed by atoms with E-state index in [0.29, 0.717) is 0 Å². The summed E-state index contributed by atoms with van der Waals surface area (Å²) in [5.41, 5.74) is 19.5. The van der Waals surface area contributed by atoms with E-state index in [2.05, 4.69) is 181 Å². The second-order valence-corrected chi connectivity index (χ2v) is 15.1. The molecule has 8 aromatic carbocycles. The molecule has 1 nitrogen and oxygen atoms in total. The Hall–Kier alpha value is -6.22. The Morgan fingerprint density at radius 1 is 0.353 bits per heavy atom. The van der Waals surface area contributed by atoms with Crippen LogP contribution in [-0.2, 0) is 5.41 Å². The SMILES string of the molecule is c1ccc(-c2ccc(N(c3ccc4c(c3)C35c6ccccc6-c6cccc(c63)-c3cccc-4c35)c3ccc4c(c3)sc3ccccc34)cc2)cc1. The Labute approximate surface area is 300 Å². The average Bonchev–Trinajstić information content (AvgIpc) is 3.90. The van der Waals surface area contributed by atoms with Crippen molar-refractivity contribution in [2.45, 2.75) is 5.41 Å². The zero-order chi connectivity index (χ0) is 33.3. The maximum atomic E-state index is 2.51. The van der Waals surface area contributed by atoms with Crippen molar-refractivity contribution in [1.82, 2.24) is 0 Å². The minimum atomic E-state index is -0.321. The Bertz CT molecular complexity index is 2880. The summed E-state index contributed by atoms with van der Waals surface area (Å²) in [6.45, 7) is 0. The first kappa shape index (κ1) is 27.6. The monoisotopic (exact) mass is 663 g/mol. The maximum Gasteiger partial charge on any atom is 0.0738 e. The van der Waals surface area contributed by atoms with E-state index in [0.717, 1.165) is 11.4 Å². The van der Waals surface area contributed by atoms with Gasteiger partial charge in [-0.15, -0.1) is 11.3 Å². The molecule has 1 unspecified atom stereocenters. The van der Waals surface area contributed by atoms with E-state index in [1.54, 1.807) is 0 Å². The zero-order valence-electron chi connectivity index (χ0n) is 27.6. The number of rotatable bonds is 4. The van der Waals surface area contributed by atoms with Gasteiger partial charge in [-0.2, -0.15) is 0 Å². The first-order valence-corrected chi connectivity index (χ1v) is 18.5. The van der Waals surface area contributed by atoms with Crippen LogP contribution in [0.1, 0.15) is 22.3 Å². The lowest BCUT2D eigenvalue weighted by Gasteiger charge is -2.30. The van der Waals surface area contributed by atoms with Crippen molar-refractivity contribution in [3.05, 3.63) is 198 Å². The molecule has 12 rings (SSSR count). The normalized spacial score (nSPS) is 15.5. The van der Waals surface area contributed by atoms with E-state index in [1.807, 2.05) is 11.3 Å². The fourth-order valence-corrected chi connectivity index (χ4v) is 10.8. The van der Waals surface area contributed by atoms with Crippen LogP contribution in [0.15, 0.2) is 176 Å². The van der Waals surface area contributed by atoms with Crippen LogP contribution in [0.2, 0.25) is 0 Å². The highest BCUT2D eigenvalue weighted by Gasteiger charge is 2.57. The standard InChI is InChI=1S/C49H29NS/c1-2-10-30(11-3-1)31-20-22-32(23-21-31)50(34-25-27-38-37-13-5-7-19-45(37)51-46(38)29-34)33-24-26-36-40-15-9-17-42-41-16-8-14-39-35-12-4-6-18-43(35)49(47(39)41,48(40)42)44(36)28-33/h1-29H. The minimum absolute atomic E-state index is 0.321. The van der Waals surface area contributed by atoms with E-state index < -0.39 is 0 Å². The number of benzene rings is 8. The van der Waals surface area contributed by atoms with Crippen LogP contribution < -0.4 is 4.90 Å². The molecule has 1 heterocycles. The molecule has 0 amide bonds.